The lowest BCUT2D eigenvalue weighted by atomic mass is 9.94. The third kappa shape index (κ3) is 4.35. The number of amides is 1. The summed E-state index contributed by atoms with van der Waals surface area (Å²) in [4.78, 5) is 16.5. The van der Waals surface area contributed by atoms with Gasteiger partial charge >= 0.3 is 0 Å². The van der Waals surface area contributed by atoms with Gasteiger partial charge in [-0.2, -0.15) is 0 Å². The molecular formula is C16H22Cl2N2O. The van der Waals surface area contributed by atoms with E-state index in [-0.39, 0.29) is 11.3 Å². The predicted octanol–water partition coefficient (Wildman–Crippen LogP) is 3.68. The molecule has 0 saturated carbocycles. The van der Waals surface area contributed by atoms with Crippen molar-refractivity contribution in [3.8, 4) is 0 Å². The molecule has 0 bridgehead atoms. The van der Waals surface area contributed by atoms with Crippen LogP contribution in [-0.2, 0) is 11.3 Å². The summed E-state index contributed by atoms with van der Waals surface area (Å²) in [6.45, 7) is 10.1. The van der Waals surface area contributed by atoms with E-state index in [1.165, 1.54) is 0 Å². The number of benzene rings is 1. The van der Waals surface area contributed by atoms with Crippen molar-refractivity contribution in [3.05, 3.63) is 33.8 Å². The van der Waals surface area contributed by atoms with Crippen molar-refractivity contribution in [3.63, 3.8) is 0 Å². The van der Waals surface area contributed by atoms with Gasteiger partial charge in [0.05, 0.1) is 10.0 Å². The molecule has 0 radical (unpaired) electrons. The topological polar surface area (TPSA) is 23.6 Å². The molecule has 1 heterocycles. The molecule has 2 rings (SSSR count). The fourth-order valence-electron chi connectivity index (χ4n) is 2.48. The summed E-state index contributed by atoms with van der Waals surface area (Å²) >= 11 is 12.0. The van der Waals surface area contributed by atoms with E-state index in [0.29, 0.717) is 10.0 Å². The van der Waals surface area contributed by atoms with Crippen LogP contribution in [0.5, 0.6) is 0 Å². The lowest BCUT2D eigenvalue weighted by Crippen LogP contribution is -2.51. The SMILES string of the molecule is CC(C)(C)C(=O)N1CCN(Cc2ccc(Cl)c(Cl)c2)CC1. The second-order valence-electron chi connectivity index (χ2n) is 6.57. The number of carbonyl (C=O) groups excluding carboxylic acids is 1. The second-order valence-corrected chi connectivity index (χ2v) is 7.38. The molecule has 1 fully saturated rings. The van der Waals surface area contributed by atoms with Crippen LogP contribution >= 0.6 is 23.2 Å². The Hall–Kier alpha value is -0.770. The molecule has 0 spiro atoms. The van der Waals surface area contributed by atoms with Gasteiger partial charge < -0.3 is 4.90 Å². The maximum absolute atomic E-state index is 12.2. The van der Waals surface area contributed by atoms with Gasteiger partial charge in [0.1, 0.15) is 0 Å². The van der Waals surface area contributed by atoms with Gasteiger partial charge in [-0.3, -0.25) is 9.69 Å². The van der Waals surface area contributed by atoms with E-state index in [4.69, 9.17) is 23.2 Å². The zero-order valence-corrected chi connectivity index (χ0v) is 14.3. The Morgan fingerprint density at radius 3 is 2.24 bits per heavy atom. The van der Waals surface area contributed by atoms with Crippen molar-refractivity contribution in [1.82, 2.24) is 9.80 Å². The zero-order chi connectivity index (χ0) is 15.6. The molecule has 1 aromatic rings. The number of hydrogen-bond acceptors (Lipinski definition) is 2. The summed E-state index contributed by atoms with van der Waals surface area (Å²) in [5.41, 5.74) is 0.853. The molecular weight excluding hydrogens is 307 g/mol. The summed E-state index contributed by atoms with van der Waals surface area (Å²) in [6, 6.07) is 5.75. The van der Waals surface area contributed by atoms with Crippen molar-refractivity contribution in [2.24, 2.45) is 5.41 Å². The third-order valence-electron chi connectivity index (χ3n) is 3.69. The molecule has 21 heavy (non-hydrogen) atoms. The maximum Gasteiger partial charge on any atom is 0.228 e. The van der Waals surface area contributed by atoms with Crippen LogP contribution in [0.3, 0.4) is 0 Å². The van der Waals surface area contributed by atoms with Crippen molar-refractivity contribution >= 4 is 29.1 Å². The van der Waals surface area contributed by atoms with Crippen molar-refractivity contribution in [2.75, 3.05) is 26.2 Å². The second kappa shape index (κ2) is 6.55. The van der Waals surface area contributed by atoms with Crippen LogP contribution in [0.15, 0.2) is 18.2 Å². The molecule has 1 saturated heterocycles. The highest BCUT2D eigenvalue weighted by Gasteiger charge is 2.29. The monoisotopic (exact) mass is 328 g/mol. The summed E-state index contributed by atoms with van der Waals surface area (Å²) in [7, 11) is 0. The minimum absolute atomic E-state index is 0.233. The number of nitrogens with zero attached hydrogens (tertiary/aromatic N) is 2. The van der Waals surface area contributed by atoms with Gasteiger partial charge in [-0.15, -0.1) is 0 Å². The summed E-state index contributed by atoms with van der Waals surface area (Å²) in [5, 5.41) is 1.18. The van der Waals surface area contributed by atoms with Gasteiger partial charge in [0, 0.05) is 38.1 Å². The van der Waals surface area contributed by atoms with Gasteiger partial charge in [-0.1, -0.05) is 50.0 Å². The molecule has 0 atom stereocenters. The largest absolute Gasteiger partial charge is 0.340 e. The molecule has 5 heteroatoms. The molecule has 0 aliphatic carbocycles. The molecule has 116 valence electrons. The smallest absolute Gasteiger partial charge is 0.228 e. The Balaban J connectivity index is 1.89. The van der Waals surface area contributed by atoms with Gasteiger partial charge in [-0.25, -0.2) is 0 Å². The number of rotatable bonds is 2. The minimum atomic E-state index is -0.300. The summed E-state index contributed by atoms with van der Waals surface area (Å²) in [6.07, 6.45) is 0. The van der Waals surface area contributed by atoms with Crippen molar-refractivity contribution < 1.29 is 4.79 Å². The number of halogens is 2. The highest BCUT2D eigenvalue weighted by atomic mass is 35.5. The van der Waals surface area contributed by atoms with E-state index < -0.39 is 0 Å². The Labute approximate surface area is 136 Å². The van der Waals surface area contributed by atoms with Crippen LogP contribution in [0.25, 0.3) is 0 Å². The molecule has 3 nitrogen and oxygen atoms in total. The van der Waals surface area contributed by atoms with E-state index in [1.54, 1.807) is 0 Å². The Morgan fingerprint density at radius 1 is 1.10 bits per heavy atom. The number of hydrogen-bond donors (Lipinski definition) is 0. The van der Waals surface area contributed by atoms with Gasteiger partial charge in [0.25, 0.3) is 0 Å². The normalized spacial score (nSPS) is 17.1. The average Bonchev–Trinajstić information content (AvgIpc) is 2.42. The standard InChI is InChI=1S/C16H22Cl2N2O/c1-16(2,3)15(21)20-8-6-19(7-9-20)11-12-4-5-13(17)14(18)10-12/h4-5,10H,6-9,11H2,1-3H3. The number of piperazine rings is 1. The van der Waals surface area contributed by atoms with E-state index in [2.05, 4.69) is 4.90 Å². The van der Waals surface area contributed by atoms with Crippen molar-refractivity contribution in [2.45, 2.75) is 27.3 Å². The Kier molecular flexibility index (Phi) is 5.18. The zero-order valence-electron chi connectivity index (χ0n) is 12.8. The van der Waals surface area contributed by atoms with Gasteiger partial charge in [0.2, 0.25) is 5.91 Å². The van der Waals surface area contributed by atoms with Crippen LogP contribution in [-0.4, -0.2) is 41.9 Å². The summed E-state index contributed by atoms with van der Waals surface area (Å²) in [5.74, 6) is 0.233. The lowest BCUT2D eigenvalue weighted by Gasteiger charge is -2.37. The van der Waals surface area contributed by atoms with Crippen LogP contribution in [0.1, 0.15) is 26.3 Å². The van der Waals surface area contributed by atoms with E-state index in [9.17, 15) is 4.79 Å². The van der Waals surface area contributed by atoms with Gasteiger partial charge in [0.15, 0.2) is 0 Å². The van der Waals surface area contributed by atoms with E-state index in [1.807, 2.05) is 43.9 Å². The third-order valence-corrected chi connectivity index (χ3v) is 4.43. The number of carbonyl (C=O) groups is 1. The Morgan fingerprint density at radius 2 is 1.71 bits per heavy atom. The highest BCUT2D eigenvalue weighted by molar-refractivity contribution is 6.42. The average molecular weight is 329 g/mol. The fourth-order valence-corrected chi connectivity index (χ4v) is 2.80. The minimum Gasteiger partial charge on any atom is -0.340 e. The quantitative estimate of drug-likeness (QED) is 0.826. The van der Waals surface area contributed by atoms with Crippen LogP contribution < -0.4 is 0 Å². The van der Waals surface area contributed by atoms with Crippen LogP contribution in [0, 0.1) is 5.41 Å². The summed E-state index contributed by atoms with van der Waals surface area (Å²) < 4.78 is 0. The first kappa shape index (κ1) is 16.6. The fraction of sp³-hybridized carbons (Fsp3) is 0.562. The molecule has 0 unspecified atom stereocenters. The first-order valence-corrected chi connectivity index (χ1v) is 7.98. The van der Waals surface area contributed by atoms with Gasteiger partial charge in [-0.05, 0) is 17.7 Å². The highest BCUT2D eigenvalue weighted by Crippen LogP contribution is 2.24. The predicted molar refractivity (Wildman–Crippen MR) is 87.8 cm³/mol. The lowest BCUT2D eigenvalue weighted by molar-refractivity contribution is -0.141. The first-order chi connectivity index (χ1) is 9.77. The Bertz CT molecular complexity index is 517. The van der Waals surface area contributed by atoms with Crippen LogP contribution in [0.4, 0.5) is 0 Å². The molecule has 0 aromatic heterocycles. The van der Waals surface area contributed by atoms with Crippen LogP contribution in [0.2, 0.25) is 10.0 Å². The maximum atomic E-state index is 12.2. The first-order valence-electron chi connectivity index (χ1n) is 7.23. The molecule has 1 aliphatic heterocycles. The van der Waals surface area contributed by atoms with E-state index >= 15 is 0 Å². The molecule has 1 amide bonds. The van der Waals surface area contributed by atoms with E-state index in [0.717, 1.165) is 38.3 Å². The molecule has 0 N–H and O–H groups in total. The van der Waals surface area contributed by atoms with Crippen molar-refractivity contribution in [1.29, 1.82) is 0 Å². The molecule has 1 aliphatic rings. The molecule has 1 aromatic carbocycles.